The van der Waals surface area contributed by atoms with Crippen molar-refractivity contribution in [3.8, 4) is 0 Å². The Bertz CT molecular complexity index is 782. The van der Waals surface area contributed by atoms with E-state index in [1.54, 1.807) is 4.57 Å². The number of aryl methyl sites for hydroxylation is 2. The molecular weight excluding hydrogens is 282 g/mol. The third kappa shape index (κ3) is 2.61. The fourth-order valence-corrected chi connectivity index (χ4v) is 2.83. The SMILES string of the molecule is CCn1c(C)nc2c1c(=O)n(CCCCN)c(=O)n2C(C)C. The first kappa shape index (κ1) is 16.5. The van der Waals surface area contributed by atoms with Crippen LogP contribution >= 0.6 is 0 Å². The van der Waals surface area contributed by atoms with Crippen molar-refractivity contribution in [1.82, 2.24) is 18.7 Å². The molecule has 22 heavy (non-hydrogen) atoms. The second-order valence-corrected chi connectivity index (χ2v) is 5.77. The van der Waals surface area contributed by atoms with Crippen molar-refractivity contribution in [3.05, 3.63) is 26.7 Å². The van der Waals surface area contributed by atoms with Crippen molar-refractivity contribution >= 4 is 11.2 Å². The van der Waals surface area contributed by atoms with E-state index in [9.17, 15) is 9.59 Å². The van der Waals surface area contributed by atoms with Crippen LogP contribution < -0.4 is 17.0 Å². The molecule has 7 nitrogen and oxygen atoms in total. The lowest BCUT2D eigenvalue weighted by Crippen LogP contribution is -2.41. The predicted octanol–water partition coefficient (Wildman–Crippen LogP) is 1.01. The number of nitrogens with zero attached hydrogens (tertiary/aromatic N) is 4. The molecule has 0 radical (unpaired) electrons. The van der Waals surface area contributed by atoms with Gasteiger partial charge in [-0.25, -0.2) is 9.78 Å². The average Bonchev–Trinajstić information content (AvgIpc) is 2.78. The summed E-state index contributed by atoms with van der Waals surface area (Å²) in [5, 5.41) is 0. The van der Waals surface area contributed by atoms with Crippen LogP contribution in [-0.4, -0.2) is 25.2 Å². The number of hydrogen-bond acceptors (Lipinski definition) is 4. The van der Waals surface area contributed by atoms with Gasteiger partial charge in [0.05, 0.1) is 0 Å². The number of nitrogens with two attached hydrogens (primary N) is 1. The van der Waals surface area contributed by atoms with Gasteiger partial charge in [-0.05, 0) is 47.1 Å². The van der Waals surface area contributed by atoms with Crippen LogP contribution in [0, 0.1) is 6.92 Å². The van der Waals surface area contributed by atoms with E-state index in [1.807, 2.05) is 32.3 Å². The van der Waals surface area contributed by atoms with Crippen LogP contribution in [0.25, 0.3) is 11.2 Å². The van der Waals surface area contributed by atoms with Crippen molar-refractivity contribution < 1.29 is 0 Å². The van der Waals surface area contributed by atoms with E-state index in [4.69, 9.17) is 5.73 Å². The molecule has 0 aliphatic heterocycles. The first-order valence-corrected chi connectivity index (χ1v) is 7.86. The van der Waals surface area contributed by atoms with Gasteiger partial charge in [0.25, 0.3) is 5.56 Å². The molecule has 0 amide bonds. The van der Waals surface area contributed by atoms with E-state index in [0.717, 1.165) is 12.2 Å². The van der Waals surface area contributed by atoms with E-state index in [-0.39, 0.29) is 17.3 Å². The van der Waals surface area contributed by atoms with Gasteiger partial charge in [-0.2, -0.15) is 0 Å². The Balaban J connectivity index is 2.80. The third-order valence-electron chi connectivity index (χ3n) is 3.92. The zero-order valence-corrected chi connectivity index (χ0v) is 13.8. The van der Waals surface area contributed by atoms with Crippen molar-refractivity contribution in [2.24, 2.45) is 5.73 Å². The van der Waals surface area contributed by atoms with Crippen LogP contribution in [0.1, 0.15) is 45.5 Å². The summed E-state index contributed by atoms with van der Waals surface area (Å²) in [5.41, 5.74) is 5.96. The zero-order valence-electron chi connectivity index (χ0n) is 13.8. The van der Waals surface area contributed by atoms with Crippen LogP contribution in [0.4, 0.5) is 0 Å². The monoisotopic (exact) mass is 307 g/mol. The van der Waals surface area contributed by atoms with Crippen LogP contribution in [0.3, 0.4) is 0 Å². The van der Waals surface area contributed by atoms with Gasteiger partial charge in [-0.3, -0.25) is 13.9 Å². The predicted molar refractivity (Wildman–Crippen MR) is 87.3 cm³/mol. The molecule has 0 saturated heterocycles. The number of unbranched alkanes of at least 4 members (excludes halogenated alkanes) is 1. The van der Waals surface area contributed by atoms with Gasteiger partial charge in [-0.1, -0.05) is 0 Å². The number of fused-ring (bicyclic) bond motifs is 1. The topological polar surface area (TPSA) is 87.8 Å². The molecule has 122 valence electrons. The smallest absolute Gasteiger partial charge is 0.330 e. The Morgan fingerprint density at radius 1 is 1.18 bits per heavy atom. The van der Waals surface area contributed by atoms with Gasteiger partial charge >= 0.3 is 5.69 Å². The summed E-state index contributed by atoms with van der Waals surface area (Å²) < 4.78 is 4.80. The van der Waals surface area contributed by atoms with Crippen molar-refractivity contribution in [3.63, 3.8) is 0 Å². The quantitative estimate of drug-likeness (QED) is 0.807. The zero-order chi connectivity index (χ0) is 16.4. The second kappa shape index (κ2) is 6.48. The molecule has 2 aromatic rings. The standard InChI is InChI=1S/C15H25N5O2/c1-5-18-11(4)17-13-12(18)14(21)19(9-7-6-8-16)15(22)20(13)10(2)3/h10H,5-9,16H2,1-4H3. The fourth-order valence-electron chi connectivity index (χ4n) is 2.83. The second-order valence-electron chi connectivity index (χ2n) is 5.77. The summed E-state index contributed by atoms with van der Waals surface area (Å²) in [5.74, 6) is 0.753. The summed E-state index contributed by atoms with van der Waals surface area (Å²) in [4.78, 5) is 29.9. The van der Waals surface area contributed by atoms with Gasteiger partial charge in [0, 0.05) is 19.1 Å². The maximum Gasteiger partial charge on any atom is 0.332 e. The lowest BCUT2D eigenvalue weighted by molar-refractivity contribution is 0.505. The number of rotatable bonds is 6. The number of imidazole rings is 1. The first-order valence-electron chi connectivity index (χ1n) is 7.86. The molecule has 0 saturated carbocycles. The van der Waals surface area contributed by atoms with Crippen molar-refractivity contribution in [2.75, 3.05) is 6.54 Å². The number of hydrogen-bond donors (Lipinski definition) is 1. The minimum absolute atomic E-state index is 0.0593. The van der Waals surface area contributed by atoms with E-state index in [2.05, 4.69) is 4.98 Å². The highest BCUT2D eigenvalue weighted by Crippen LogP contribution is 2.14. The average molecular weight is 307 g/mol. The Morgan fingerprint density at radius 3 is 2.41 bits per heavy atom. The van der Waals surface area contributed by atoms with Gasteiger partial charge in [0.1, 0.15) is 5.82 Å². The summed E-state index contributed by atoms with van der Waals surface area (Å²) in [6, 6.07) is -0.0593. The highest BCUT2D eigenvalue weighted by molar-refractivity contribution is 5.71. The molecule has 0 atom stereocenters. The molecule has 7 heteroatoms. The Labute approximate surface area is 129 Å². The number of aromatic nitrogens is 4. The van der Waals surface area contributed by atoms with E-state index >= 15 is 0 Å². The summed E-state index contributed by atoms with van der Waals surface area (Å²) in [6.07, 6.45) is 1.51. The van der Waals surface area contributed by atoms with E-state index in [1.165, 1.54) is 4.57 Å². The van der Waals surface area contributed by atoms with E-state index < -0.39 is 0 Å². The molecule has 2 rings (SSSR count). The molecule has 0 bridgehead atoms. The highest BCUT2D eigenvalue weighted by atomic mass is 16.2. The van der Waals surface area contributed by atoms with E-state index in [0.29, 0.717) is 37.2 Å². The summed E-state index contributed by atoms with van der Waals surface area (Å²) >= 11 is 0. The lowest BCUT2D eigenvalue weighted by Gasteiger charge is -2.14. The molecule has 2 heterocycles. The fraction of sp³-hybridized carbons (Fsp3) is 0.667. The summed E-state index contributed by atoms with van der Waals surface area (Å²) in [7, 11) is 0. The van der Waals surface area contributed by atoms with Crippen LogP contribution in [0.5, 0.6) is 0 Å². The highest BCUT2D eigenvalue weighted by Gasteiger charge is 2.20. The molecule has 0 aliphatic rings. The maximum absolute atomic E-state index is 12.8. The molecule has 0 aliphatic carbocycles. The van der Waals surface area contributed by atoms with Gasteiger partial charge in [-0.15, -0.1) is 0 Å². The molecule has 0 unspecified atom stereocenters. The molecule has 0 aromatic carbocycles. The Morgan fingerprint density at radius 2 is 1.86 bits per heavy atom. The largest absolute Gasteiger partial charge is 0.332 e. The van der Waals surface area contributed by atoms with Crippen LogP contribution in [0.15, 0.2) is 9.59 Å². The first-order chi connectivity index (χ1) is 10.4. The normalized spacial score (nSPS) is 11.7. The van der Waals surface area contributed by atoms with Crippen LogP contribution in [-0.2, 0) is 13.1 Å². The maximum atomic E-state index is 12.8. The molecular formula is C15H25N5O2. The van der Waals surface area contributed by atoms with Gasteiger partial charge in [0.15, 0.2) is 11.2 Å². The molecule has 2 aromatic heterocycles. The Kier molecular flexibility index (Phi) is 4.85. The minimum Gasteiger partial charge on any atom is -0.330 e. The van der Waals surface area contributed by atoms with Crippen molar-refractivity contribution in [1.29, 1.82) is 0 Å². The Hall–Kier alpha value is -1.89. The summed E-state index contributed by atoms with van der Waals surface area (Å²) in [6.45, 7) is 9.28. The van der Waals surface area contributed by atoms with Crippen LogP contribution in [0.2, 0.25) is 0 Å². The molecule has 0 spiro atoms. The molecule has 0 fully saturated rings. The van der Waals surface area contributed by atoms with Crippen molar-refractivity contribution in [2.45, 2.75) is 59.7 Å². The molecule has 2 N–H and O–H groups in total. The lowest BCUT2D eigenvalue weighted by atomic mass is 10.3. The van der Waals surface area contributed by atoms with Gasteiger partial charge < -0.3 is 10.3 Å². The minimum atomic E-state index is -0.287. The van der Waals surface area contributed by atoms with Gasteiger partial charge in [0.2, 0.25) is 0 Å². The third-order valence-corrected chi connectivity index (χ3v) is 3.92.